The van der Waals surface area contributed by atoms with E-state index in [-0.39, 0.29) is 5.75 Å². The van der Waals surface area contributed by atoms with E-state index in [9.17, 15) is 5.11 Å². The Labute approximate surface area is 122 Å². The highest BCUT2D eigenvalue weighted by atomic mass is 16.3. The molecule has 1 heterocycles. The third-order valence-electron chi connectivity index (χ3n) is 3.73. The van der Waals surface area contributed by atoms with Crippen LogP contribution >= 0.6 is 0 Å². The van der Waals surface area contributed by atoms with E-state index in [1.807, 2.05) is 36.4 Å². The van der Waals surface area contributed by atoms with Crippen molar-refractivity contribution in [3.63, 3.8) is 0 Å². The molecule has 1 aromatic heterocycles. The number of phenolic OH excluding ortho intramolecular Hbond substituents is 1. The van der Waals surface area contributed by atoms with E-state index in [0.29, 0.717) is 0 Å². The van der Waals surface area contributed by atoms with Crippen LogP contribution in [0, 0.1) is 0 Å². The molecule has 0 amide bonds. The minimum absolute atomic E-state index is 0.266. The second kappa shape index (κ2) is 4.60. The molecule has 4 aromatic rings. The number of pyridine rings is 1. The zero-order valence-electron chi connectivity index (χ0n) is 11.3. The van der Waals surface area contributed by atoms with Gasteiger partial charge in [-0.05, 0) is 23.6 Å². The van der Waals surface area contributed by atoms with E-state index in [0.717, 1.165) is 32.9 Å². The fraction of sp³-hybridized carbons (Fsp3) is 0. The van der Waals surface area contributed by atoms with Crippen LogP contribution in [0.4, 0.5) is 0 Å². The van der Waals surface area contributed by atoms with Crippen molar-refractivity contribution < 1.29 is 5.11 Å². The van der Waals surface area contributed by atoms with Crippen LogP contribution in [0.2, 0.25) is 0 Å². The molecule has 1 N–H and O–H groups in total. The number of phenols is 1. The fourth-order valence-corrected chi connectivity index (χ4v) is 2.76. The molecule has 0 fully saturated rings. The van der Waals surface area contributed by atoms with Crippen molar-refractivity contribution in [3.05, 3.63) is 72.8 Å². The monoisotopic (exact) mass is 271 g/mol. The predicted molar refractivity (Wildman–Crippen MR) is 86.3 cm³/mol. The number of fused-ring (bicyclic) bond motifs is 3. The molecule has 0 saturated heterocycles. The van der Waals surface area contributed by atoms with E-state index in [1.54, 1.807) is 12.1 Å². The van der Waals surface area contributed by atoms with Crippen LogP contribution < -0.4 is 0 Å². The number of rotatable bonds is 1. The van der Waals surface area contributed by atoms with E-state index >= 15 is 0 Å². The summed E-state index contributed by atoms with van der Waals surface area (Å²) in [5.74, 6) is 0.266. The third-order valence-corrected chi connectivity index (χ3v) is 3.73. The Morgan fingerprint density at radius 2 is 1.38 bits per heavy atom. The molecule has 0 bridgehead atoms. The SMILES string of the molecule is Oc1ccc2nc(-c3ccccc3)c3ccccc3c2c1. The molecule has 2 nitrogen and oxygen atoms in total. The standard InChI is InChI=1S/C19H13NO/c21-14-10-11-18-17(12-14)15-8-4-5-9-16(15)19(20-18)13-6-2-1-3-7-13/h1-12,21H. The van der Waals surface area contributed by atoms with Crippen LogP contribution in [0.15, 0.2) is 72.8 Å². The molecule has 0 aliphatic carbocycles. The van der Waals surface area contributed by atoms with Gasteiger partial charge in [-0.2, -0.15) is 0 Å². The van der Waals surface area contributed by atoms with Crippen LogP contribution in [0.25, 0.3) is 32.9 Å². The first kappa shape index (κ1) is 11.9. The van der Waals surface area contributed by atoms with Gasteiger partial charge in [0.2, 0.25) is 0 Å². The van der Waals surface area contributed by atoms with Crippen molar-refractivity contribution in [2.24, 2.45) is 0 Å². The minimum Gasteiger partial charge on any atom is -0.508 e. The van der Waals surface area contributed by atoms with E-state index in [2.05, 4.69) is 24.3 Å². The Morgan fingerprint density at radius 3 is 2.19 bits per heavy atom. The zero-order valence-corrected chi connectivity index (χ0v) is 11.3. The van der Waals surface area contributed by atoms with Gasteiger partial charge in [0.05, 0.1) is 11.2 Å². The average Bonchev–Trinajstić information content (AvgIpc) is 2.55. The van der Waals surface area contributed by atoms with Crippen LogP contribution in [-0.2, 0) is 0 Å². The highest BCUT2D eigenvalue weighted by molar-refractivity contribution is 6.11. The average molecular weight is 271 g/mol. The summed E-state index contributed by atoms with van der Waals surface area (Å²) in [4.78, 5) is 4.80. The maximum Gasteiger partial charge on any atom is 0.116 e. The van der Waals surface area contributed by atoms with E-state index in [1.165, 1.54) is 0 Å². The lowest BCUT2D eigenvalue weighted by Gasteiger charge is -2.10. The second-order valence-corrected chi connectivity index (χ2v) is 5.07. The Morgan fingerprint density at radius 1 is 0.667 bits per heavy atom. The van der Waals surface area contributed by atoms with E-state index in [4.69, 9.17) is 4.98 Å². The highest BCUT2D eigenvalue weighted by Gasteiger charge is 2.09. The van der Waals surface area contributed by atoms with Crippen LogP contribution in [0.3, 0.4) is 0 Å². The second-order valence-electron chi connectivity index (χ2n) is 5.07. The quantitative estimate of drug-likeness (QED) is 0.506. The maximum absolute atomic E-state index is 9.75. The van der Waals surface area contributed by atoms with E-state index < -0.39 is 0 Å². The number of aromatic hydroxyl groups is 1. The van der Waals surface area contributed by atoms with Gasteiger partial charge in [-0.3, -0.25) is 0 Å². The molecule has 0 saturated carbocycles. The summed E-state index contributed by atoms with van der Waals surface area (Å²) in [6, 6.07) is 23.7. The molecule has 0 aliphatic rings. The third kappa shape index (κ3) is 1.93. The first-order valence-electron chi connectivity index (χ1n) is 6.90. The lowest BCUT2D eigenvalue weighted by Crippen LogP contribution is -1.89. The molecule has 21 heavy (non-hydrogen) atoms. The van der Waals surface area contributed by atoms with Crippen LogP contribution in [0.1, 0.15) is 0 Å². The summed E-state index contributed by atoms with van der Waals surface area (Å²) in [5, 5.41) is 12.9. The molecule has 0 radical (unpaired) electrons. The normalized spacial score (nSPS) is 11.0. The van der Waals surface area contributed by atoms with Crippen molar-refractivity contribution in [2.45, 2.75) is 0 Å². The largest absolute Gasteiger partial charge is 0.508 e. The van der Waals surface area contributed by atoms with Crippen molar-refractivity contribution >= 4 is 21.7 Å². The Bertz CT molecular complexity index is 945. The van der Waals surface area contributed by atoms with Gasteiger partial charge in [-0.15, -0.1) is 0 Å². The number of hydrogen-bond acceptors (Lipinski definition) is 2. The minimum atomic E-state index is 0.266. The molecule has 0 spiro atoms. The van der Waals surface area contributed by atoms with Gasteiger partial charge in [0.25, 0.3) is 0 Å². The zero-order chi connectivity index (χ0) is 14.2. The predicted octanol–water partition coefficient (Wildman–Crippen LogP) is 4.76. The Kier molecular flexibility index (Phi) is 2.61. The summed E-state index contributed by atoms with van der Waals surface area (Å²) < 4.78 is 0. The number of benzene rings is 3. The molecule has 0 aliphatic heterocycles. The van der Waals surface area contributed by atoms with Crippen molar-refractivity contribution in [2.75, 3.05) is 0 Å². The smallest absolute Gasteiger partial charge is 0.116 e. The lowest BCUT2D eigenvalue weighted by atomic mass is 10.00. The first-order valence-corrected chi connectivity index (χ1v) is 6.90. The summed E-state index contributed by atoms with van der Waals surface area (Å²) in [6.45, 7) is 0. The van der Waals surface area contributed by atoms with Gasteiger partial charge < -0.3 is 5.11 Å². The van der Waals surface area contributed by atoms with Crippen molar-refractivity contribution in [1.82, 2.24) is 4.98 Å². The Hall–Kier alpha value is -2.87. The van der Waals surface area contributed by atoms with Crippen LogP contribution in [0.5, 0.6) is 5.75 Å². The van der Waals surface area contributed by atoms with Gasteiger partial charge in [0.15, 0.2) is 0 Å². The summed E-state index contributed by atoms with van der Waals surface area (Å²) in [6.07, 6.45) is 0. The molecular formula is C19H13NO. The Balaban J connectivity index is 2.18. The molecule has 0 atom stereocenters. The molecule has 2 heteroatoms. The van der Waals surface area contributed by atoms with Gasteiger partial charge in [0, 0.05) is 16.3 Å². The topological polar surface area (TPSA) is 33.1 Å². The lowest BCUT2D eigenvalue weighted by molar-refractivity contribution is 0.476. The van der Waals surface area contributed by atoms with Crippen molar-refractivity contribution in [1.29, 1.82) is 0 Å². The van der Waals surface area contributed by atoms with Gasteiger partial charge >= 0.3 is 0 Å². The van der Waals surface area contributed by atoms with Crippen molar-refractivity contribution in [3.8, 4) is 17.0 Å². The number of hydrogen-bond donors (Lipinski definition) is 1. The number of aromatic nitrogens is 1. The molecule has 0 unspecified atom stereocenters. The molecule has 3 aromatic carbocycles. The molecular weight excluding hydrogens is 258 g/mol. The van der Waals surface area contributed by atoms with Gasteiger partial charge in [-0.25, -0.2) is 4.98 Å². The van der Waals surface area contributed by atoms with Gasteiger partial charge in [-0.1, -0.05) is 54.6 Å². The highest BCUT2D eigenvalue weighted by Crippen LogP contribution is 2.33. The van der Waals surface area contributed by atoms with Crippen LogP contribution in [-0.4, -0.2) is 10.1 Å². The maximum atomic E-state index is 9.75. The summed E-state index contributed by atoms with van der Waals surface area (Å²) >= 11 is 0. The molecule has 4 rings (SSSR count). The molecule has 100 valence electrons. The fourth-order valence-electron chi connectivity index (χ4n) is 2.76. The summed E-state index contributed by atoms with van der Waals surface area (Å²) in [5.41, 5.74) is 2.97. The number of nitrogens with zero attached hydrogens (tertiary/aromatic N) is 1. The summed E-state index contributed by atoms with van der Waals surface area (Å²) in [7, 11) is 0. The first-order chi connectivity index (χ1) is 10.3. The van der Waals surface area contributed by atoms with Gasteiger partial charge in [0.1, 0.15) is 5.75 Å².